The molecule has 1 aromatic rings. The molecule has 1 fully saturated rings. The van der Waals surface area contributed by atoms with E-state index in [1.165, 1.54) is 11.3 Å². The number of rotatable bonds is 5. The SMILES string of the molecule is CCN(CC1CCC(C)(C)O1)c1ccc(CN)cc1. The van der Waals surface area contributed by atoms with E-state index in [1.54, 1.807) is 0 Å². The van der Waals surface area contributed by atoms with Gasteiger partial charge in [-0.3, -0.25) is 0 Å². The van der Waals surface area contributed by atoms with E-state index in [1.807, 2.05) is 0 Å². The van der Waals surface area contributed by atoms with E-state index in [-0.39, 0.29) is 5.60 Å². The molecule has 2 N–H and O–H groups in total. The molecule has 1 aliphatic heterocycles. The van der Waals surface area contributed by atoms with Gasteiger partial charge in [-0.15, -0.1) is 0 Å². The fourth-order valence-electron chi connectivity index (χ4n) is 2.71. The molecule has 0 aromatic heterocycles. The summed E-state index contributed by atoms with van der Waals surface area (Å²) >= 11 is 0. The lowest BCUT2D eigenvalue weighted by atomic mass is 10.1. The Morgan fingerprint density at radius 1 is 1.32 bits per heavy atom. The molecule has 1 saturated heterocycles. The quantitative estimate of drug-likeness (QED) is 0.886. The molecule has 0 amide bonds. The van der Waals surface area contributed by atoms with Gasteiger partial charge >= 0.3 is 0 Å². The highest BCUT2D eigenvalue weighted by atomic mass is 16.5. The highest BCUT2D eigenvalue weighted by Crippen LogP contribution is 2.30. The first-order valence-electron chi connectivity index (χ1n) is 7.26. The normalized spacial score (nSPS) is 21.6. The van der Waals surface area contributed by atoms with E-state index in [2.05, 4.69) is 49.9 Å². The summed E-state index contributed by atoms with van der Waals surface area (Å²) in [6.07, 6.45) is 2.66. The van der Waals surface area contributed by atoms with Gasteiger partial charge in [-0.2, -0.15) is 0 Å². The van der Waals surface area contributed by atoms with E-state index in [0.717, 1.165) is 25.9 Å². The summed E-state index contributed by atoms with van der Waals surface area (Å²) in [5.41, 5.74) is 8.12. The number of benzene rings is 1. The highest BCUT2D eigenvalue weighted by Gasteiger charge is 2.32. The van der Waals surface area contributed by atoms with Crippen molar-refractivity contribution in [3.8, 4) is 0 Å². The van der Waals surface area contributed by atoms with Crippen LogP contribution in [0.4, 0.5) is 5.69 Å². The van der Waals surface area contributed by atoms with Crippen LogP contribution in [0.2, 0.25) is 0 Å². The van der Waals surface area contributed by atoms with Crippen molar-refractivity contribution in [1.29, 1.82) is 0 Å². The molecule has 0 radical (unpaired) electrons. The zero-order valence-electron chi connectivity index (χ0n) is 12.4. The van der Waals surface area contributed by atoms with E-state index in [0.29, 0.717) is 12.6 Å². The van der Waals surface area contributed by atoms with Crippen molar-refractivity contribution in [3.63, 3.8) is 0 Å². The van der Waals surface area contributed by atoms with Crippen LogP contribution in [0.25, 0.3) is 0 Å². The van der Waals surface area contributed by atoms with Gasteiger partial charge in [-0.1, -0.05) is 12.1 Å². The van der Waals surface area contributed by atoms with E-state index < -0.39 is 0 Å². The molecule has 2 rings (SSSR count). The summed E-state index contributed by atoms with van der Waals surface area (Å²) < 4.78 is 6.09. The van der Waals surface area contributed by atoms with E-state index in [4.69, 9.17) is 10.5 Å². The Balaban J connectivity index is 1.99. The molecule has 0 spiro atoms. The molecule has 19 heavy (non-hydrogen) atoms. The van der Waals surface area contributed by atoms with Gasteiger partial charge in [-0.05, 0) is 51.3 Å². The summed E-state index contributed by atoms with van der Waals surface area (Å²) in [6.45, 7) is 9.13. The average Bonchev–Trinajstić information content (AvgIpc) is 2.75. The van der Waals surface area contributed by atoms with Crippen molar-refractivity contribution in [2.75, 3.05) is 18.0 Å². The van der Waals surface area contributed by atoms with E-state index >= 15 is 0 Å². The molecule has 1 heterocycles. The zero-order chi connectivity index (χ0) is 13.9. The molecule has 0 saturated carbocycles. The van der Waals surface area contributed by atoms with Crippen LogP contribution in [-0.4, -0.2) is 24.8 Å². The first kappa shape index (κ1) is 14.4. The Hall–Kier alpha value is -1.06. The Bertz CT molecular complexity index is 400. The Morgan fingerprint density at radius 2 is 2.00 bits per heavy atom. The third-order valence-electron chi connectivity index (χ3n) is 3.90. The number of ether oxygens (including phenoxy) is 1. The third kappa shape index (κ3) is 3.71. The second-order valence-corrected chi connectivity index (χ2v) is 5.95. The van der Waals surface area contributed by atoms with Crippen LogP contribution >= 0.6 is 0 Å². The molecule has 0 bridgehead atoms. The van der Waals surface area contributed by atoms with Crippen molar-refractivity contribution in [1.82, 2.24) is 0 Å². The second-order valence-electron chi connectivity index (χ2n) is 5.95. The predicted octanol–water partition coefficient (Wildman–Crippen LogP) is 2.93. The van der Waals surface area contributed by atoms with Crippen molar-refractivity contribution in [3.05, 3.63) is 29.8 Å². The number of nitrogens with zero attached hydrogens (tertiary/aromatic N) is 1. The Labute approximate surface area is 116 Å². The van der Waals surface area contributed by atoms with Crippen LogP contribution in [0.3, 0.4) is 0 Å². The maximum absolute atomic E-state index is 6.09. The van der Waals surface area contributed by atoms with Crippen molar-refractivity contribution in [2.24, 2.45) is 5.73 Å². The molecule has 0 aliphatic carbocycles. The molecule has 3 heteroatoms. The molecule has 3 nitrogen and oxygen atoms in total. The van der Waals surface area contributed by atoms with Crippen LogP contribution in [0.15, 0.2) is 24.3 Å². The second kappa shape index (κ2) is 5.93. The van der Waals surface area contributed by atoms with Crippen LogP contribution in [0.5, 0.6) is 0 Å². The summed E-state index contributed by atoms with van der Waals surface area (Å²) in [7, 11) is 0. The molecule has 1 aromatic carbocycles. The molecular weight excluding hydrogens is 236 g/mol. The van der Waals surface area contributed by atoms with Gasteiger partial charge in [0.2, 0.25) is 0 Å². The summed E-state index contributed by atoms with van der Waals surface area (Å²) in [6, 6.07) is 8.53. The van der Waals surface area contributed by atoms with E-state index in [9.17, 15) is 0 Å². The number of likely N-dealkylation sites (N-methyl/N-ethyl adjacent to an activating group) is 1. The zero-order valence-corrected chi connectivity index (χ0v) is 12.4. The van der Waals surface area contributed by atoms with Gasteiger partial charge in [0.1, 0.15) is 0 Å². The van der Waals surface area contributed by atoms with Crippen LogP contribution in [-0.2, 0) is 11.3 Å². The maximum atomic E-state index is 6.09. The lowest BCUT2D eigenvalue weighted by Gasteiger charge is -2.28. The fourth-order valence-corrected chi connectivity index (χ4v) is 2.71. The van der Waals surface area contributed by atoms with Gasteiger partial charge in [0.25, 0.3) is 0 Å². The van der Waals surface area contributed by atoms with Gasteiger partial charge in [0.15, 0.2) is 0 Å². The van der Waals surface area contributed by atoms with Crippen molar-refractivity contribution < 1.29 is 4.74 Å². The molecule has 1 aliphatic rings. The first-order valence-corrected chi connectivity index (χ1v) is 7.26. The standard InChI is InChI=1S/C16H26N2O/c1-4-18(12-15-9-10-16(2,3)19-15)14-7-5-13(11-17)6-8-14/h5-8,15H,4,9-12,17H2,1-3H3. The molecular formula is C16H26N2O. The van der Waals surface area contributed by atoms with Gasteiger partial charge < -0.3 is 15.4 Å². The number of nitrogens with two attached hydrogens (primary N) is 1. The minimum absolute atomic E-state index is 0.0491. The van der Waals surface area contributed by atoms with Crippen molar-refractivity contribution in [2.45, 2.75) is 51.9 Å². The first-order chi connectivity index (χ1) is 9.04. The average molecular weight is 262 g/mol. The predicted molar refractivity (Wildman–Crippen MR) is 80.4 cm³/mol. The fraction of sp³-hybridized carbons (Fsp3) is 0.625. The molecule has 106 valence electrons. The monoisotopic (exact) mass is 262 g/mol. The van der Waals surface area contributed by atoms with Crippen molar-refractivity contribution >= 4 is 5.69 Å². The Morgan fingerprint density at radius 3 is 2.47 bits per heavy atom. The third-order valence-corrected chi connectivity index (χ3v) is 3.90. The van der Waals surface area contributed by atoms with Crippen LogP contribution in [0, 0.1) is 0 Å². The Kier molecular flexibility index (Phi) is 4.48. The van der Waals surface area contributed by atoms with Crippen LogP contribution < -0.4 is 10.6 Å². The highest BCUT2D eigenvalue weighted by molar-refractivity contribution is 5.47. The van der Waals surface area contributed by atoms with Gasteiger partial charge in [0, 0.05) is 25.3 Å². The lowest BCUT2D eigenvalue weighted by Crippen LogP contribution is -2.33. The molecule has 1 atom stereocenters. The molecule has 1 unspecified atom stereocenters. The van der Waals surface area contributed by atoms with Gasteiger partial charge in [-0.25, -0.2) is 0 Å². The summed E-state index contributed by atoms with van der Waals surface area (Å²) in [4.78, 5) is 2.38. The number of hydrogen-bond acceptors (Lipinski definition) is 3. The largest absolute Gasteiger partial charge is 0.371 e. The van der Waals surface area contributed by atoms with Gasteiger partial charge in [0.05, 0.1) is 11.7 Å². The minimum Gasteiger partial charge on any atom is -0.371 e. The summed E-state index contributed by atoms with van der Waals surface area (Å²) in [5, 5.41) is 0. The summed E-state index contributed by atoms with van der Waals surface area (Å²) in [5.74, 6) is 0. The smallest absolute Gasteiger partial charge is 0.0758 e. The van der Waals surface area contributed by atoms with Crippen LogP contribution in [0.1, 0.15) is 39.2 Å². The maximum Gasteiger partial charge on any atom is 0.0758 e. The number of hydrogen-bond donors (Lipinski definition) is 1. The minimum atomic E-state index is 0.0491. The number of anilines is 1. The lowest BCUT2D eigenvalue weighted by molar-refractivity contribution is -0.0114. The topological polar surface area (TPSA) is 38.5 Å².